The van der Waals surface area contributed by atoms with Gasteiger partial charge in [-0.15, -0.1) is 0 Å². The van der Waals surface area contributed by atoms with E-state index in [1.54, 1.807) is 0 Å². The second-order valence-electron chi connectivity index (χ2n) is 3.40. The number of rotatable bonds is 3. The molecule has 0 spiro atoms. The summed E-state index contributed by atoms with van der Waals surface area (Å²) in [5.74, 6) is -1.12. The average molecular weight is 268 g/mol. The van der Waals surface area contributed by atoms with Gasteiger partial charge in [-0.25, -0.2) is 0 Å². The summed E-state index contributed by atoms with van der Waals surface area (Å²) in [5, 5.41) is 10.9. The Morgan fingerprint density at radius 3 is 2.47 bits per heavy atom. The highest BCUT2D eigenvalue weighted by molar-refractivity contribution is 6.33. The number of aliphatic carboxylic acids is 1. The maximum Gasteiger partial charge on any atom is 0.416 e. The van der Waals surface area contributed by atoms with Gasteiger partial charge in [0.2, 0.25) is 0 Å². The van der Waals surface area contributed by atoms with Crippen LogP contribution in [0.3, 0.4) is 0 Å². The molecule has 3 nitrogen and oxygen atoms in total. The van der Waals surface area contributed by atoms with E-state index >= 15 is 0 Å². The number of hydrogen-bond donors (Lipinski definition) is 2. The van der Waals surface area contributed by atoms with Crippen molar-refractivity contribution < 1.29 is 23.1 Å². The topological polar surface area (TPSA) is 49.3 Å². The maximum absolute atomic E-state index is 12.3. The van der Waals surface area contributed by atoms with Crippen molar-refractivity contribution >= 4 is 23.3 Å². The molecule has 0 amide bonds. The van der Waals surface area contributed by atoms with Gasteiger partial charge in [-0.2, -0.15) is 13.2 Å². The van der Waals surface area contributed by atoms with Crippen molar-refractivity contribution in [3.8, 4) is 0 Å². The molecule has 0 bridgehead atoms. The van der Waals surface area contributed by atoms with E-state index in [1.165, 1.54) is 6.92 Å². The monoisotopic (exact) mass is 267 g/mol. The van der Waals surface area contributed by atoms with E-state index in [1.807, 2.05) is 0 Å². The molecule has 2 N–H and O–H groups in total. The summed E-state index contributed by atoms with van der Waals surface area (Å²) < 4.78 is 37.0. The summed E-state index contributed by atoms with van der Waals surface area (Å²) in [5.41, 5.74) is -0.731. The molecule has 17 heavy (non-hydrogen) atoms. The standard InChI is InChI=1S/C10H9ClF3NO2/c1-5(9(16)17)15-8-3-2-6(4-7(8)11)10(12,13)14/h2-5,15H,1H3,(H,16,17). The van der Waals surface area contributed by atoms with Crippen LogP contribution in [0.2, 0.25) is 5.02 Å². The van der Waals surface area contributed by atoms with Gasteiger partial charge in [-0.1, -0.05) is 11.6 Å². The summed E-state index contributed by atoms with van der Waals surface area (Å²) in [6.07, 6.45) is -4.47. The minimum Gasteiger partial charge on any atom is -0.480 e. The van der Waals surface area contributed by atoms with Gasteiger partial charge in [0.1, 0.15) is 6.04 Å². The molecule has 7 heteroatoms. The van der Waals surface area contributed by atoms with Gasteiger partial charge in [0.15, 0.2) is 0 Å². The molecule has 0 aliphatic carbocycles. The Labute approximate surface area is 100 Å². The Kier molecular flexibility index (Phi) is 3.87. The molecule has 1 aromatic carbocycles. The number of carboxylic acids is 1. The number of halogens is 4. The maximum atomic E-state index is 12.3. The number of benzene rings is 1. The van der Waals surface area contributed by atoms with Crippen LogP contribution < -0.4 is 5.32 Å². The Balaban J connectivity index is 2.95. The molecule has 1 atom stereocenters. The third-order valence-corrected chi connectivity index (χ3v) is 2.35. The van der Waals surface area contributed by atoms with Crippen molar-refractivity contribution in [1.29, 1.82) is 0 Å². The Morgan fingerprint density at radius 1 is 1.47 bits per heavy atom. The van der Waals surface area contributed by atoms with Gasteiger partial charge in [0.25, 0.3) is 0 Å². The molecular formula is C10H9ClF3NO2. The molecule has 0 aliphatic heterocycles. The molecular weight excluding hydrogens is 259 g/mol. The second-order valence-corrected chi connectivity index (χ2v) is 3.80. The molecule has 0 heterocycles. The normalized spacial score (nSPS) is 13.2. The van der Waals surface area contributed by atoms with Crippen LogP contribution in [0.4, 0.5) is 18.9 Å². The molecule has 0 aliphatic rings. The first kappa shape index (κ1) is 13.6. The number of nitrogens with one attached hydrogen (secondary N) is 1. The Hall–Kier alpha value is -1.43. The highest BCUT2D eigenvalue weighted by Crippen LogP contribution is 2.33. The van der Waals surface area contributed by atoms with E-state index in [2.05, 4.69) is 5.32 Å². The van der Waals surface area contributed by atoms with Crippen LogP contribution in [-0.2, 0) is 11.0 Å². The van der Waals surface area contributed by atoms with E-state index in [-0.39, 0.29) is 10.7 Å². The lowest BCUT2D eigenvalue weighted by atomic mass is 10.2. The van der Waals surface area contributed by atoms with Crippen LogP contribution in [0.1, 0.15) is 12.5 Å². The van der Waals surface area contributed by atoms with Crippen LogP contribution >= 0.6 is 11.6 Å². The van der Waals surface area contributed by atoms with Crippen LogP contribution in [0.25, 0.3) is 0 Å². The summed E-state index contributed by atoms with van der Waals surface area (Å²) in [6.45, 7) is 1.36. The molecule has 1 rings (SSSR count). The Bertz CT molecular complexity index is 434. The van der Waals surface area contributed by atoms with E-state index < -0.39 is 23.8 Å². The van der Waals surface area contributed by atoms with Crippen LogP contribution in [0, 0.1) is 0 Å². The van der Waals surface area contributed by atoms with E-state index in [0.29, 0.717) is 0 Å². The first-order valence-electron chi connectivity index (χ1n) is 4.58. The lowest BCUT2D eigenvalue weighted by Crippen LogP contribution is -2.25. The van der Waals surface area contributed by atoms with Crippen LogP contribution in [0.5, 0.6) is 0 Å². The molecule has 0 saturated heterocycles. The largest absolute Gasteiger partial charge is 0.480 e. The highest BCUT2D eigenvalue weighted by atomic mass is 35.5. The van der Waals surface area contributed by atoms with Crippen molar-refractivity contribution in [2.75, 3.05) is 5.32 Å². The third-order valence-electron chi connectivity index (χ3n) is 2.04. The smallest absolute Gasteiger partial charge is 0.416 e. The van der Waals surface area contributed by atoms with E-state index in [9.17, 15) is 18.0 Å². The molecule has 94 valence electrons. The van der Waals surface area contributed by atoms with Gasteiger partial charge < -0.3 is 10.4 Å². The number of carbonyl (C=O) groups is 1. The summed E-state index contributed by atoms with van der Waals surface area (Å²) in [6, 6.07) is 1.75. The third kappa shape index (κ3) is 3.52. The summed E-state index contributed by atoms with van der Waals surface area (Å²) in [7, 11) is 0. The van der Waals surface area contributed by atoms with Gasteiger partial charge in [-0.3, -0.25) is 4.79 Å². The zero-order valence-electron chi connectivity index (χ0n) is 8.68. The second kappa shape index (κ2) is 4.83. The molecule has 0 saturated carbocycles. The zero-order valence-corrected chi connectivity index (χ0v) is 9.43. The quantitative estimate of drug-likeness (QED) is 0.884. The fraction of sp³-hybridized carbons (Fsp3) is 0.300. The van der Waals surface area contributed by atoms with Crippen molar-refractivity contribution in [1.82, 2.24) is 0 Å². The van der Waals surface area contributed by atoms with Crippen molar-refractivity contribution in [3.05, 3.63) is 28.8 Å². The van der Waals surface area contributed by atoms with Crippen molar-refractivity contribution in [3.63, 3.8) is 0 Å². The first-order chi connectivity index (χ1) is 7.71. The molecule has 0 fully saturated rings. The fourth-order valence-electron chi connectivity index (χ4n) is 1.10. The van der Waals surface area contributed by atoms with E-state index in [4.69, 9.17) is 16.7 Å². The molecule has 0 aromatic heterocycles. The number of carboxylic acid groups (broad SMARTS) is 1. The van der Waals surface area contributed by atoms with Gasteiger partial charge in [0.05, 0.1) is 16.3 Å². The van der Waals surface area contributed by atoms with Crippen LogP contribution in [0.15, 0.2) is 18.2 Å². The van der Waals surface area contributed by atoms with Gasteiger partial charge in [0, 0.05) is 0 Å². The predicted octanol–water partition coefficient (Wildman–Crippen LogP) is 3.24. The average Bonchev–Trinajstić information content (AvgIpc) is 2.19. The lowest BCUT2D eigenvalue weighted by molar-refractivity contribution is -0.138. The number of anilines is 1. The lowest BCUT2D eigenvalue weighted by Gasteiger charge is -2.14. The molecule has 1 aromatic rings. The minimum atomic E-state index is -4.47. The minimum absolute atomic E-state index is 0.148. The summed E-state index contributed by atoms with van der Waals surface area (Å²) >= 11 is 5.63. The molecule has 0 radical (unpaired) electrons. The van der Waals surface area contributed by atoms with Gasteiger partial charge in [-0.05, 0) is 25.1 Å². The highest BCUT2D eigenvalue weighted by Gasteiger charge is 2.31. The van der Waals surface area contributed by atoms with Crippen molar-refractivity contribution in [2.45, 2.75) is 19.1 Å². The number of alkyl halides is 3. The SMILES string of the molecule is CC(Nc1ccc(C(F)(F)F)cc1Cl)C(=O)O. The number of hydrogen-bond acceptors (Lipinski definition) is 2. The fourth-order valence-corrected chi connectivity index (χ4v) is 1.34. The predicted molar refractivity (Wildman–Crippen MR) is 57.2 cm³/mol. The molecule has 1 unspecified atom stereocenters. The van der Waals surface area contributed by atoms with E-state index in [0.717, 1.165) is 18.2 Å². The van der Waals surface area contributed by atoms with Gasteiger partial charge >= 0.3 is 12.1 Å². The summed E-state index contributed by atoms with van der Waals surface area (Å²) in [4.78, 5) is 10.6. The Morgan fingerprint density at radius 2 is 2.06 bits per heavy atom. The van der Waals surface area contributed by atoms with Crippen LogP contribution in [-0.4, -0.2) is 17.1 Å². The zero-order chi connectivity index (χ0) is 13.2. The first-order valence-corrected chi connectivity index (χ1v) is 4.95. The van der Waals surface area contributed by atoms with Crippen molar-refractivity contribution in [2.24, 2.45) is 0 Å².